The van der Waals surface area contributed by atoms with E-state index in [1.807, 2.05) is 72.8 Å². The van der Waals surface area contributed by atoms with Crippen LogP contribution in [0.3, 0.4) is 0 Å². The topological polar surface area (TPSA) is 66.5 Å². The van der Waals surface area contributed by atoms with Gasteiger partial charge in [0.2, 0.25) is 17.7 Å². The Morgan fingerprint density at radius 1 is 0.862 bits per heavy atom. The molecule has 2 aromatic carbocycles. The van der Waals surface area contributed by atoms with Gasteiger partial charge >= 0.3 is 0 Å². The fraction of sp³-hybridized carbons (Fsp3) is 0.292. The predicted molar refractivity (Wildman–Crippen MR) is 110 cm³/mol. The van der Waals surface area contributed by atoms with Gasteiger partial charge in [-0.1, -0.05) is 72.8 Å². The highest BCUT2D eigenvalue weighted by atomic mass is 16.2. The summed E-state index contributed by atoms with van der Waals surface area (Å²) in [7, 11) is 0. The van der Waals surface area contributed by atoms with Crippen LogP contribution in [-0.2, 0) is 14.4 Å². The van der Waals surface area contributed by atoms with E-state index in [0.29, 0.717) is 12.8 Å². The average Bonchev–Trinajstić information content (AvgIpc) is 3.02. The average molecular weight is 388 g/mol. The zero-order valence-corrected chi connectivity index (χ0v) is 16.2. The SMILES string of the molecule is O=C(CCN1C(=O)[C@H]2CC=CC[C@H]2C1=O)NC(c1ccccc1)c1ccccc1. The van der Waals surface area contributed by atoms with Crippen LogP contribution in [0.1, 0.15) is 36.4 Å². The first-order valence-corrected chi connectivity index (χ1v) is 10.0. The number of amides is 3. The molecule has 3 amide bonds. The van der Waals surface area contributed by atoms with Crippen molar-refractivity contribution in [2.75, 3.05) is 6.54 Å². The van der Waals surface area contributed by atoms with E-state index < -0.39 is 0 Å². The largest absolute Gasteiger partial charge is 0.345 e. The molecule has 1 heterocycles. The molecule has 0 saturated carbocycles. The maximum atomic E-state index is 12.7. The van der Waals surface area contributed by atoms with Gasteiger partial charge in [-0.15, -0.1) is 0 Å². The number of fused-ring (bicyclic) bond motifs is 1. The van der Waals surface area contributed by atoms with Gasteiger partial charge in [0, 0.05) is 13.0 Å². The highest BCUT2D eigenvalue weighted by Crippen LogP contribution is 2.35. The molecular formula is C24H24N2O3. The first kappa shape index (κ1) is 19.1. The molecule has 148 valence electrons. The molecule has 0 bridgehead atoms. The summed E-state index contributed by atoms with van der Waals surface area (Å²) in [6.07, 6.45) is 5.25. The molecule has 1 aliphatic carbocycles. The molecule has 29 heavy (non-hydrogen) atoms. The summed E-state index contributed by atoms with van der Waals surface area (Å²) in [4.78, 5) is 39.1. The van der Waals surface area contributed by atoms with Crippen molar-refractivity contribution in [1.82, 2.24) is 10.2 Å². The van der Waals surface area contributed by atoms with Crippen LogP contribution in [0.5, 0.6) is 0 Å². The van der Waals surface area contributed by atoms with E-state index in [1.165, 1.54) is 4.90 Å². The third kappa shape index (κ3) is 3.99. The lowest BCUT2D eigenvalue weighted by atomic mass is 9.85. The first-order valence-electron chi connectivity index (χ1n) is 10.0. The number of rotatable bonds is 6. The Labute approximate surface area is 170 Å². The lowest BCUT2D eigenvalue weighted by Gasteiger charge is -2.21. The Bertz CT molecular complexity index is 858. The van der Waals surface area contributed by atoms with Crippen molar-refractivity contribution in [3.05, 3.63) is 83.9 Å². The Morgan fingerprint density at radius 3 is 1.83 bits per heavy atom. The Kier molecular flexibility index (Phi) is 5.56. The van der Waals surface area contributed by atoms with Gasteiger partial charge in [0.1, 0.15) is 0 Å². The van der Waals surface area contributed by atoms with E-state index in [2.05, 4.69) is 5.32 Å². The van der Waals surface area contributed by atoms with Gasteiger partial charge in [-0.05, 0) is 24.0 Å². The molecule has 0 aromatic heterocycles. The van der Waals surface area contributed by atoms with Crippen molar-refractivity contribution in [1.29, 1.82) is 0 Å². The number of hydrogen-bond acceptors (Lipinski definition) is 3. The molecule has 5 nitrogen and oxygen atoms in total. The highest BCUT2D eigenvalue weighted by molar-refractivity contribution is 6.05. The zero-order valence-electron chi connectivity index (χ0n) is 16.2. The zero-order chi connectivity index (χ0) is 20.2. The number of hydrogen-bond donors (Lipinski definition) is 1. The van der Waals surface area contributed by atoms with Crippen LogP contribution in [-0.4, -0.2) is 29.2 Å². The lowest BCUT2D eigenvalue weighted by Crippen LogP contribution is -2.36. The minimum absolute atomic E-state index is 0.0977. The third-order valence-corrected chi connectivity index (χ3v) is 5.73. The molecule has 1 aliphatic heterocycles. The van der Waals surface area contributed by atoms with Crippen LogP contribution in [0, 0.1) is 11.8 Å². The predicted octanol–water partition coefficient (Wildman–Crippen LogP) is 3.23. The van der Waals surface area contributed by atoms with Crippen LogP contribution in [0.4, 0.5) is 0 Å². The molecule has 2 aromatic rings. The van der Waals surface area contributed by atoms with Gasteiger partial charge in [0.25, 0.3) is 0 Å². The minimum Gasteiger partial charge on any atom is -0.345 e. The second-order valence-electron chi connectivity index (χ2n) is 7.56. The Hall–Kier alpha value is -3.21. The van der Waals surface area contributed by atoms with Gasteiger partial charge in [-0.3, -0.25) is 19.3 Å². The van der Waals surface area contributed by atoms with Crippen LogP contribution >= 0.6 is 0 Å². The molecule has 0 unspecified atom stereocenters. The van der Waals surface area contributed by atoms with E-state index in [-0.39, 0.29) is 48.6 Å². The summed E-state index contributed by atoms with van der Waals surface area (Å²) in [5, 5.41) is 3.07. The summed E-state index contributed by atoms with van der Waals surface area (Å²) >= 11 is 0. The Morgan fingerprint density at radius 2 is 1.34 bits per heavy atom. The van der Waals surface area contributed by atoms with Crippen molar-refractivity contribution >= 4 is 17.7 Å². The number of likely N-dealkylation sites (tertiary alicyclic amines) is 1. The van der Waals surface area contributed by atoms with E-state index in [4.69, 9.17) is 0 Å². The maximum Gasteiger partial charge on any atom is 0.233 e. The molecule has 5 heteroatoms. The maximum absolute atomic E-state index is 12.7. The number of carbonyl (C=O) groups excluding carboxylic acids is 3. The second kappa shape index (κ2) is 8.43. The van der Waals surface area contributed by atoms with E-state index in [9.17, 15) is 14.4 Å². The van der Waals surface area contributed by atoms with E-state index in [1.54, 1.807) is 0 Å². The first-order chi connectivity index (χ1) is 14.1. The van der Waals surface area contributed by atoms with E-state index >= 15 is 0 Å². The standard InChI is InChI=1S/C24H24N2O3/c27-21(15-16-26-23(28)19-13-7-8-14-20(19)24(26)29)25-22(17-9-3-1-4-10-17)18-11-5-2-6-12-18/h1-12,19-20,22H,13-16H2,(H,25,27)/t19-,20+. The van der Waals surface area contributed by atoms with Gasteiger partial charge in [0.05, 0.1) is 17.9 Å². The summed E-state index contributed by atoms with van der Waals surface area (Å²) < 4.78 is 0. The number of nitrogens with one attached hydrogen (secondary N) is 1. The van der Waals surface area contributed by atoms with Crippen molar-refractivity contribution in [3.8, 4) is 0 Å². The highest BCUT2D eigenvalue weighted by Gasteiger charge is 2.46. The second-order valence-corrected chi connectivity index (χ2v) is 7.56. The smallest absolute Gasteiger partial charge is 0.233 e. The summed E-state index contributed by atoms with van der Waals surface area (Å²) in [5.74, 6) is -0.968. The van der Waals surface area contributed by atoms with Crippen molar-refractivity contribution in [2.45, 2.75) is 25.3 Å². The number of nitrogens with zero attached hydrogens (tertiary/aromatic N) is 1. The fourth-order valence-corrected chi connectivity index (χ4v) is 4.19. The normalized spacial score (nSPS) is 20.8. The molecule has 0 spiro atoms. The van der Waals surface area contributed by atoms with Crippen LogP contribution in [0.25, 0.3) is 0 Å². The molecule has 2 atom stereocenters. The third-order valence-electron chi connectivity index (χ3n) is 5.73. The van der Waals surface area contributed by atoms with Gasteiger partial charge in [-0.25, -0.2) is 0 Å². The fourth-order valence-electron chi connectivity index (χ4n) is 4.19. The molecule has 0 radical (unpaired) electrons. The van der Waals surface area contributed by atoms with Crippen molar-refractivity contribution in [2.24, 2.45) is 11.8 Å². The van der Waals surface area contributed by atoms with Gasteiger partial charge in [0.15, 0.2) is 0 Å². The summed E-state index contributed by atoms with van der Waals surface area (Å²) in [6.45, 7) is 0.132. The number of allylic oxidation sites excluding steroid dienone is 2. The van der Waals surface area contributed by atoms with E-state index in [0.717, 1.165) is 11.1 Å². The monoisotopic (exact) mass is 388 g/mol. The van der Waals surface area contributed by atoms with Crippen LogP contribution < -0.4 is 5.32 Å². The number of benzene rings is 2. The van der Waals surface area contributed by atoms with Crippen molar-refractivity contribution < 1.29 is 14.4 Å². The Balaban J connectivity index is 1.43. The van der Waals surface area contributed by atoms with Crippen LogP contribution in [0.2, 0.25) is 0 Å². The summed E-state index contributed by atoms with van der Waals surface area (Å²) in [5.41, 5.74) is 1.97. The van der Waals surface area contributed by atoms with Crippen LogP contribution in [0.15, 0.2) is 72.8 Å². The number of carbonyl (C=O) groups is 3. The molecule has 1 fully saturated rings. The quantitative estimate of drug-likeness (QED) is 0.610. The molecule has 1 N–H and O–H groups in total. The summed E-state index contributed by atoms with van der Waals surface area (Å²) in [6, 6.07) is 19.3. The van der Waals surface area contributed by atoms with Gasteiger partial charge in [-0.2, -0.15) is 0 Å². The molecule has 4 rings (SSSR count). The van der Waals surface area contributed by atoms with Crippen molar-refractivity contribution in [3.63, 3.8) is 0 Å². The molecule has 1 saturated heterocycles. The number of imide groups is 1. The van der Waals surface area contributed by atoms with Gasteiger partial charge < -0.3 is 5.32 Å². The minimum atomic E-state index is -0.276. The molecule has 2 aliphatic rings. The lowest BCUT2D eigenvalue weighted by molar-refractivity contribution is -0.140. The molecular weight excluding hydrogens is 364 g/mol.